The third-order valence-corrected chi connectivity index (χ3v) is 4.42. The second-order valence-corrected chi connectivity index (χ2v) is 5.49. The van der Waals surface area contributed by atoms with Crippen LogP contribution in [0, 0.1) is 0 Å². The van der Waals surface area contributed by atoms with Gasteiger partial charge in [-0.2, -0.15) is 11.8 Å². The van der Waals surface area contributed by atoms with Crippen LogP contribution in [0.25, 0.3) is 0 Å². The fourth-order valence-electron chi connectivity index (χ4n) is 1.94. The molecule has 0 saturated carbocycles. The van der Waals surface area contributed by atoms with E-state index in [0.717, 1.165) is 18.3 Å². The Hall–Kier alpha value is -0.750. The molecular weight excluding hydrogens is 236 g/mol. The molecule has 1 unspecified atom stereocenters. The van der Waals surface area contributed by atoms with E-state index in [1.807, 2.05) is 25.7 Å². The molecule has 1 aliphatic rings. The molecule has 0 amide bonds. The molecule has 96 valence electrons. The molecule has 0 aliphatic carbocycles. The summed E-state index contributed by atoms with van der Waals surface area (Å²) in [7, 11) is 1.89. The van der Waals surface area contributed by atoms with Gasteiger partial charge in [0.25, 0.3) is 0 Å². The van der Waals surface area contributed by atoms with Crippen LogP contribution in [0.4, 0.5) is 6.01 Å². The highest BCUT2D eigenvalue weighted by Crippen LogP contribution is 2.25. The summed E-state index contributed by atoms with van der Waals surface area (Å²) in [5.41, 5.74) is 0. The minimum Gasteiger partial charge on any atom is -0.406 e. The molecule has 0 radical (unpaired) electrons. The standard InChI is InChI=1S/C11H20N4OS/c1-8(12-2)10-13-14-11(16-10)15-6-4-9(17-3)5-7-15/h8-9,12H,4-7H2,1-3H3. The lowest BCUT2D eigenvalue weighted by Gasteiger charge is -2.29. The summed E-state index contributed by atoms with van der Waals surface area (Å²) in [4.78, 5) is 2.19. The number of hydrogen-bond acceptors (Lipinski definition) is 6. The quantitative estimate of drug-likeness (QED) is 0.884. The van der Waals surface area contributed by atoms with E-state index in [4.69, 9.17) is 4.42 Å². The third-order valence-electron chi connectivity index (χ3n) is 3.28. The number of piperidine rings is 1. The zero-order valence-electron chi connectivity index (χ0n) is 10.6. The van der Waals surface area contributed by atoms with E-state index >= 15 is 0 Å². The molecule has 1 aliphatic heterocycles. The molecule has 1 aromatic rings. The number of hydrogen-bond donors (Lipinski definition) is 1. The summed E-state index contributed by atoms with van der Waals surface area (Å²) >= 11 is 1.95. The van der Waals surface area contributed by atoms with Gasteiger partial charge >= 0.3 is 6.01 Å². The number of nitrogens with zero attached hydrogens (tertiary/aromatic N) is 3. The average molecular weight is 256 g/mol. The van der Waals surface area contributed by atoms with Crippen LogP contribution >= 0.6 is 11.8 Å². The first-order chi connectivity index (χ1) is 8.24. The highest BCUT2D eigenvalue weighted by atomic mass is 32.2. The molecule has 5 nitrogen and oxygen atoms in total. The van der Waals surface area contributed by atoms with Gasteiger partial charge in [-0.1, -0.05) is 5.10 Å². The monoisotopic (exact) mass is 256 g/mol. The Kier molecular flexibility index (Phi) is 4.28. The van der Waals surface area contributed by atoms with Gasteiger partial charge in [-0.15, -0.1) is 5.10 Å². The number of aromatic nitrogens is 2. The maximum atomic E-state index is 5.68. The summed E-state index contributed by atoms with van der Waals surface area (Å²) in [6, 6.07) is 0.779. The van der Waals surface area contributed by atoms with E-state index in [1.54, 1.807) is 0 Å². The van der Waals surface area contributed by atoms with E-state index < -0.39 is 0 Å². The molecular formula is C11H20N4OS. The zero-order chi connectivity index (χ0) is 12.3. The van der Waals surface area contributed by atoms with Gasteiger partial charge in [-0.25, -0.2) is 0 Å². The van der Waals surface area contributed by atoms with Gasteiger partial charge in [0.05, 0.1) is 6.04 Å². The number of thioether (sulfide) groups is 1. The molecule has 1 atom stereocenters. The van der Waals surface area contributed by atoms with E-state index in [1.165, 1.54) is 12.8 Å². The van der Waals surface area contributed by atoms with Gasteiger partial charge < -0.3 is 14.6 Å². The maximum absolute atomic E-state index is 5.68. The van der Waals surface area contributed by atoms with Crippen molar-refractivity contribution in [3.05, 3.63) is 5.89 Å². The minimum absolute atomic E-state index is 0.111. The van der Waals surface area contributed by atoms with Gasteiger partial charge in [0.15, 0.2) is 0 Å². The molecule has 1 aromatic heterocycles. The van der Waals surface area contributed by atoms with E-state index in [9.17, 15) is 0 Å². The van der Waals surface area contributed by atoms with Crippen molar-refractivity contribution in [2.75, 3.05) is 31.3 Å². The minimum atomic E-state index is 0.111. The summed E-state index contributed by atoms with van der Waals surface area (Å²) in [6.07, 6.45) is 4.57. The molecule has 2 rings (SSSR count). The lowest BCUT2D eigenvalue weighted by molar-refractivity contribution is 0.421. The van der Waals surface area contributed by atoms with Crippen molar-refractivity contribution in [3.63, 3.8) is 0 Å². The van der Waals surface area contributed by atoms with Gasteiger partial charge in [-0.05, 0) is 33.1 Å². The van der Waals surface area contributed by atoms with Gasteiger partial charge in [0.1, 0.15) is 0 Å². The predicted molar refractivity (Wildman–Crippen MR) is 70.5 cm³/mol. The Morgan fingerprint density at radius 1 is 1.41 bits per heavy atom. The Balaban J connectivity index is 1.97. The number of rotatable bonds is 4. The Labute approximate surface area is 106 Å². The van der Waals surface area contributed by atoms with Gasteiger partial charge in [-0.3, -0.25) is 0 Å². The fraction of sp³-hybridized carbons (Fsp3) is 0.818. The summed E-state index contributed by atoms with van der Waals surface area (Å²) in [5, 5.41) is 12.1. The molecule has 1 N–H and O–H groups in total. The third kappa shape index (κ3) is 2.93. The molecule has 17 heavy (non-hydrogen) atoms. The first-order valence-electron chi connectivity index (χ1n) is 6.03. The summed E-state index contributed by atoms with van der Waals surface area (Å²) < 4.78 is 5.68. The fourth-order valence-corrected chi connectivity index (χ4v) is 2.62. The van der Waals surface area contributed by atoms with Crippen molar-refractivity contribution in [1.29, 1.82) is 0 Å². The van der Waals surface area contributed by atoms with Crippen LogP contribution in [0.5, 0.6) is 0 Å². The highest BCUT2D eigenvalue weighted by Gasteiger charge is 2.23. The van der Waals surface area contributed by atoms with Crippen LogP contribution in [0.1, 0.15) is 31.7 Å². The Morgan fingerprint density at radius 3 is 2.71 bits per heavy atom. The molecule has 1 saturated heterocycles. The Morgan fingerprint density at radius 2 is 2.12 bits per heavy atom. The van der Waals surface area contributed by atoms with Crippen LogP contribution in [-0.2, 0) is 0 Å². The van der Waals surface area contributed by atoms with Crippen LogP contribution in [0.2, 0.25) is 0 Å². The molecule has 6 heteroatoms. The predicted octanol–water partition coefficient (Wildman–Crippen LogP) is 1.68. The lowest BCUT2D eigenvalue weighted by Crippen LogP contribution is -2.34. The normalized spacial score (nSPS) is 19.6. The van der Waals surface area contributed by atoms with E-state index in [0.29, 0.717) is 11.9 Å². The molecule has 0 spiro atoms. The Bertz CT molecular complexity index is 349. The average Bonchev–Trinajstić information content (AvgIpc) is 2.87. The topological polar surface area (TPSA) is 54.2 Å². The van der Waals surface area contributed by atoms with Crippen molar-refractivity contribution in [1.82, 2.24) is 15.5 Å². The first-order valence-corrected chi connectivity index (χ1v) is 7.31. The molecule has 0 aromatic carbocycles. The van der Waals surface area contributed by atoms with Gasteiger partial charge in [0.2, 0.25) is 5.89 Å². The largest absolute Gasteiger partial charge is 0.406 e. The SMILES string of the molecule is CNC(C)c1nnc(N2CCC(SC)CC2)o1. The first kappa shape index (κ1) is 12.7. The van der Waals surface area contributed by atoms with Crippen molar-refractivity contribution in [2.45, 2.75) is 31.1 Å². The number of anilines is 1. The van der Waals surface area contributed by atoms with Crippen molar-refractivity contribution < 1.29 is 4.42 Å². The smallest absolute Gasteiger partial charge is 0.318 e. The lowest BCUT2D eigenvalue weighted by atomic mass is 10.1. The van der Waals surface area contributed by atoms with E-state index in [-0.39, 0.29) is 6.04 Å². The second-order valence-electron chi connectivity index (χ2n) is 4.36. The maximum Gasteiger partial charge on any atom is 0.318 e. The van der Waals surface area contributed by atoms with Crippen molar-refractivity contribution in [3.8, 4) is 0 Å². The summed E-state index contributed by atoms with van der Waals surface area (Å²) in [6.45, 7) is 4.04. The summed E-state index contributed by atoms with van der Waals surface area (Å²) in [5.74, 6) is 0.662. The zero-order valence-corrected chi connectivity index (χ0v) is 11.5. The van der Waals surface area contributed by atoms with E-state index in [2.05, 4.69) is 26.7 Å². The van der Waals surface area contributed by atoms with Crippen LogP contribution in [0.15, 0.2) is 4.42 Å². The van der Waals surface area contributed by atoms with Crippen LogP contribution < -0.4 is 10.2 Å². The number of nitrogens with one attached hydrogen (secondary N) is 1. The molecule has 2 heterocycles. The highest BCUT2D eigenvalue weighted by molar-refractivity contribution is 7.99. The van der Waals surface area contributed by atoms with Crippen molar-refractivity contribution in [2.24, 2.45) is 0 Å². The van der Waals surface area contributed by atoms with Crippen LogP contribution in [0.3, 0.4) is 0 Å². The van der Waals surface area contributed by atoms with Crippen molar-refractivity contribution >= 4 is 17.8 Å². The second kappa shape index (κ2) is 5.73. The molecule has 1 fully saturated rings. The molecule has 0 bridgehead atoms. The van der Waals surface area contributed by atoms with Crippen LogP contribution in [-0.4, -0.2) is 41.8 Å². The van der Waals surface area contributed by atoms with Gasteiger partial charge in [0, 0.05) is 18.3 Å².